The summed E-state index contributed by atoms with van der Waals surface area (Å²) >= 11 is 49.5. The van der Waals surface area contributed by atoms with Gasteiger partial charge in [0.2, 0.25) is 0 Å². The summed E-state index contributed by atoms with van der Waals surface area (Å²) in [5.74, 6) is -0.400. The van der Waals surface area contributed by atoms with Gasteiger partial charge in [-0.2, -0.15) is 10.2 Å². The summed E-state index contributed by atoms with van der Waals surface area (Å²) in [7, 11) is 0. The Bertz CT molecular complexity index is 2030. The summed E-state index contributed by atoms with van der Waals surface area (Å²) in [6.45, 7) is 1.83. The largest absolute Gasteiger partial charge is 0.383 e. The molecule has 0 bridgehead atoms. The van der Waals surface area contributed by atoms with Crippen LogP contribution in [0.1, 0.15) is 37.4 Å². The number of halogens is 8. The van der Waals surface area contributed by atoms with Gasteiger partial charge >= 0.3 is 0 Å². The van der Waals surface area contributed by atoms with E-state index in [1.807, 2.05) is 6.92 Å². The van der Waals surface area contributed by atoms with Crippen molar-refractivity contribution in [3.8, 4) is 0 Å². The summed E-state index contributed by atoms with van der Waals surface area (Å²) in [5.41, 5.74) is 9.35. The van der Waals surface area contributed by atoms with E-state index in [9.17, 15) is 9.59 Å². The number of nitrogens with zero attached hydrogens (tertiary/aromatic N) is 4. The van der Waals surface area contributed by atoms with Crippen molar-refractivity contribution in [3.63, 3.8) is 0 Å². The molecule has 228 valence electrons. The molecule has 1 amide bonds. The third-order valence-electron chi connectivity index (χ3n) is 6.43. The van der Waals surface area contributed by atoms with Crippen LogP contribution in [-0.4, -0.2) is 23.9 Å². The smallest absolute Gasteiger partial charge is 0.259 e. The summed E-state index contributed by atoms with van der Waals surface area (Å²) < 4.78 is 0. The molecular formula is C29H14Cl8N6O2. The lowest BCUT2D eigenvalue weighted by molar-refractivity contribution is 0.0983. The molecule has 0 saturated heterocycles. The maximum Gasteiger partial charge on any atom is 0.259 e. The molecule has 0 radical (unpaired) electrons. The van der Waals surface area contributed by atoms with Crippen molar-refractivity contribution in [2.75, 3.05) is 0 Å². The van der Waals surface area contributed by atoms with E-state index in [1.165, 1.54) is 0 Å². The van der Waals surface area contributed by atoms with Gasteiger partial charge in [-0.05, 0) is 55.0 Å². The Hall–Kier alpha value is -2.92. The molecule has 4 aromatic carbocycles. The number of amides is 1. The molecule has 16 heteroatoms. The molecule has 8 nitrogen and oxygen atoms in total. The van der Waals surface area contributed by atoms with Crippen molar-refractivity contribution < 1.29 is 9.59 Å². The summed E-state index contributed by atoms with van der Waals surface area (Å²) in [5, 5.41) is 11.1. The third kappa shape index (κ3) is 6.39. The minimum atomic E-state index is -0.496. The number of aryl methyl sites for hydroxylation is 1. The van der Waals surface area contributed by atoms with Crippen LogP contribution in [0, 0.1) is 6.92 Å². The van der Waals surface area contributed by atoms with Crippen LogP contribution < -0.4 is 11.1 Å². The van der Waals surface area contributed by atoms with Crippen molar-refractivity contribution in [1.82, 2.24) is 5.32 Å². The molecular weight excluding hydrogens is 748 g/mol. The van der Waals surface area contributed by atoms with E-state index in [1.54, 1.807) is 42.5 Å². The quantitative estimate of drug-likeness (QED) is 0.0508. The first-order valence-electron chi connectivity index (χ1n) is 12.4. The topological polar surface area (TPSA) is 122 Å². The number of nitrogens with two attached hydrogens (primary N) is 1. The number of aldehydes is 1. The maximum atomic E-state index is 12.5. The highest BCUT2D eigenvalue weighted by Crippen LogP contribution is 2.44. The number of azo groups is 1. The number of hydrogen-bond acceptors (Lipinski definition) is 6. The van der Waals surface area contributed by atoms with Crippen molar-refractivity contribution in [2.45, 2.75) is 6.92 Å². The van der Waals surface area contributed by atoms with E-state index in [-0.39, 0.29) is 74.1 Å². The molecule has 45 heavy (non-hydrogen) atoms. The lowest BCUT2D eigenvalue weighted by Crippen LogP contribution is -2.21. The maximum absolute atomic E-state index is 12.5. The molecule has 0 aliphatic carbocycles. The Balaban J connectivity index is 1.36. The highest BCUT2D eigenvalue weighted by atomic mass is 35.5. The second-order valence-corrected chi connectivity index (χ2v) is 12.3. The fraction of sp³-hybridized carbons (Fsp3) is 0.0345. The molecule has 5 rings (SSSR count). The molecule has 0 fully saturated rings. The Morgan fingerprint density at radius 3 is 1.89 bits per heavy atom. The predicted molar refractivity (Wildman–Crippen MR) is 184 cm³/mol. The first kappa shape index (κ1) is 33.4. The van der Waals surface area contributed by atoms with Crippen LogP contribution >= 0.6 is 92.8 Å². The van der Waals surface area contributed by atoms with Crippen LogP contribution in [0.25, 0.3) is 0 Å². The molecule has 1 heterocycles. The van der Waals surface area contributed by atoms with Gasteiger partial charge in [0.05, 0.1) is 74.1 Å². The van der Waals surface area contributed by atoms with Crippen LogP contribution in [0.4, 0.5) is 22.7 Å². The molecule has 0 atom stereocenters. The zero-order chi connectivity index (χ0) is 32.7. The third-order valence-corrected chi connectivity index (χ3v) is 10.1. The van der Waals surface area contributed by atoms with Gasteiger partial charge in [0.15, 0.2) is 6.29 Å². The van der Waals surface area contributed by atoms with Crippen molar-refractivity contribution in [2.24, 2.45) is 25.9 Å². The van der Waals surface area contributed by atoms with E-state index < -0.39 is 5.91 Å². The fourth-order valence-corrected chi connectivity index (χ4v) is 6.28. The van der Waals surface area contributed by atoms with E-state index in [0.29, 0.717) is 29.0 Å². The van der Waals surface area contributed by atoms with Gasteiger partial charge in [-0.3, -0.25) is 9.59 Å². The first-order valence-corrected chi connectivity index (χ1v) is 15.4. The van der Waals surface area contributed by atoms with Gasteiger partial charge in [-0.15, -0.1) is 0 Å². The second-order valence-electron chi connectivity index (χ2n) is 9.27. The minimum Gasteiger partial charge on any atom is -0.383 e. The van der Waals surface area contributed by atoms with Crippen LogP contribution in [0.15, 0.2) is 62.7 Å². The van der Waals surface area contributed by atoms with Crippen molar-refractivity contribution in [3.05, 3.63) is 110 Å². The van der Waals surface area contributed by atoms with Gasteiger partial charge in [0.25, 0.3) is 5.91 Å². The number of aliphatic imine (C=N–C) groups is 2. The predicted octanol–water partition coefficient (Wildman–Crippen LogP) is 11.3. The Morgan fingerprint density at radius 1 is 0.711 bits per heavy atom. The number of rotatable bonds is 6. The highest BCUT2D eigenvalue weighted by Gasteiger charge is 2.34. The van der Waals surface area contributed by atoms with Gasteiger partial charge in [-0.1, -0.05) is 92.8 Å². The Kier molecular flexibility index (Phi) is 9.99. The zero-order valence-corrected chi connectivity index (χ0v) is 28.4. The molecule has 1 aliphatic heterocycles. The van der Waals surface area contributed by atoms with E-state index >= 15 is 0 Å². The van der Waals surface area contributed by atoms with Crippen molar-refractivity contribution >= 4 is 139 Å². The van der Waals surface area contributed by atoms with Crippen LogP contribution in [-0.2, 0) is 0 Å². The summed E-state index contributed by atoms with van der Waals surface area (Å²) in [6.07, 6.45) is 0.475. The van der Waals surface area contributed by atoms with Crippen LogP contribution in [0.5, 0.6) is 0 Å². The molecule has 0 spiro atoms. The van der Waals surface area contributed by atoms with E-state index in [4.69, 9.17) is 98.5 Å². The van der Waals surface area contributed by atoms with Gasteiger partial charge in [-0.25, -0.2) is 9.98 Å². The number of carbonyl (C=O) groups is 2. The van der Waals surface area contributed by atoms with E-state index in [0.717, 1.165) is 5.56 Å². The lowest BCUT2D eigenvalue weighted by Gasteiger charge is -2.12. The second kappa shape index (κ2) is 13.4. The number of carbonyl (C=O) groups excluding carboxylic acids is 2. The highest BCUT2D eigenvalue weighted by molar-refractivity contribution is 6.56. The number of benzene rings is 4. The lowest BCUT2D eigenvalue weighted by atomic mass is 10.1. The normalized spacial score (nSPS) is 13.9. The number of amidine groups is 2. The molecule has 4 aromatic rings. The Morgan fingerprint density at radius 2 is 1.27 bits per heavy atom. The monoisotopic (exact) mass is 758 g/mol. The SMILES string of the molecule is Cc1cc(N=C2NC(=O)c3c(Cl)c(Cl)c(Cl)c(Cl)c32)ccc1N=Nc1ccc(N=C(N)c2c(Cl)c(Cl)c(Cl)c(Cl)c2C=O)cc1. The number of fused-ring (bicyclic) bond motifs is 1. The number of nitrogens with one attached hydrogen (secondary N) is 1. The van der Waals surface area contributed by atoms with Gasteiger partial charge in [0, 0.05) is 11.1 Å². The summed E-state index contributed by atoms with van der Waals surface area (Å²) in [6, 6.07) is 11.8. The van der Waals surface area contributed by atoms with Gasteiger partial charge in [0.1, 0.15) is 11.7 Å². The summed E-state index contributed by atoms with van der Waals surface area (Å²) in [4.78, 5) is 33.1. The average Bonchev–Trinajstić information content (AvgIpc) is 3.34. The van der Waals surface area contributed by atoms with Gasteiger partial charge < -0.3 is 11.1 Å². The standard InChI is InChI=1S/C29H14Cl8N6O2/c1-10-8-13(40-28-17-18(29(45)41-28)22(33)26(37)25(36)21(17)32)6-7-15(10)43-42-12-4-2-11(3-5-12)39-27(38)16-14(9-44)19(30)23(34)24(35)20(16)31/h2-9H,1H3,(H2,38,39)(H,40,41,45). The fourth-order valence-electron chi connectivity index (χ4n) is 4.24. The van der Waals surface area contributed by atoms with Crippen LogP contribution in [0.2, 0.25) is 40.2 Å². The number of hydrogen-bond donors (Lipinski definition) is 2. The molecule has 3 N–H and O–H groups in total. The molecule has 0 saturated carbocycles. The molecule has 0 unspecified atom stereocenters. The first-order chi connectivity index (χ1) is 21.3. The zero-order valence-electron chi connectivity index (χ0n) is 22.3. The minimum absolute atomic E-state index is 0.00757. The Labute approximate surface area is 295 Å². The molecule has 0 aromatic heterocycles. The average molecular weight is 762 g/mol. The van der Waals surface area contributed by atoms with Crippen LogP contribution in [0.3, 0.4) is 0 Å². The molecule has 1 aliphatic rings. The van der Waals surface area contributed by atoms with E-state index in [2.05, 4.69) is 25.5 Å². The van der Waals surface area contributed by atoms with Crippen molar-refractivity contribution in [1.29, 1.82) is 0 Å².